The Morgan fingerprint density at radius 2 is 1.96 bits per heavy atom. The first-order chi connectivity index (χ1) is 12.8. The van der Waals surface area contributed by atoms with Crippen LogP contribution in [0.2, 0.25) is 0 Å². The van der Waals surface area contributed by atoms with Gasteiger partial charge in [-0.25, -0.2) is 4.98 Å². The number of aryl methyl sites for hydroxylation is 1. The third kappa shape index (κ3) is 3.69. The van der Waals surface area contributed by atoms with Crippen LogP contribution in [0.5, 0.6) is 0 Å². The van der Waals surface area contributed by atoms with E-state index in [1.165, 1.54) is 17.0 Å². The molecule has 5 nitrogen and oxygen atoms in total. The van der Waals surface area contributed by atoms with Crippen LogP contribution in [0.4, 0.5) is 0 Å². The zero-order valence-electron chi connectivity index (χ0n) is 15.1. The monoisotopic (exact) mass is 348 g/mol. The van der Waals surface area contributed by atoms with Crippen molar-refractivity contribution in [3.05, 3.63) is 83.7 Å². The van der Waals surface area contributed by atoms with Crippen LogP contribution in [-0.4, -0.2) is 32.6 Å². The van der Waals surface area contributed by atoms with Gasteiger partial charge in [-0.3, -0.25) is 9.88 Å². The summed E-state index contributed by atoms with van der Waals surface area (Å²) in [6, 6.07) is 14.8. The van der Waals surface area contributed by atoms with Gasteiger partial charge in [0.25, 0.3) is 0 Å². The lowest BCUT2D eigenvalue weighted by Gasteiger charge is -2.36. The van der Waals surface area contributed by atoms with Gasteiger partial charge in [0.05, 0.1) is 37.0 Å². The second kappa shape index (κ2) is 7.81. The molecule has 1 aliphatic heterocycles. The molecule has 0 saturated carbocycles. The predicted molar refractivity (Wildman–Crippen MR) is 100 cm³/mol. The van der Waals surface area contributed by atoms with Crippen LogP contribution in [0, 0.1) is 0 Å². The topological polar surface area (TPSA) is 43.2 Å². The molecule has 1 aliphatic rings. The second-order valence-corrected chi connectivity index (χ2v) is 6.79. The molecule has 0 spiro atoms. The molecule has 0 bridgehead atoms. The molecule has 1 aromatic carbocycles. The molecule has 3 aromatic rings. The lowest BCUT2D eigenvalue weighted by Crippen LogP contribution is -2.38. The summed E-state index contributed by atoms with van der Waals surface area (Å²) in [7, 11) is 2.08. The van der Waals surface area contributed by atoms with Crippen molar-refractivity contribution >= 4 is 0 Å². The summed E-state index contributed by atoms with van der Waals surface area (Å²) in [5, 5.41) is 0. The molecule has 0 saturated heterocycles. The lowest BCUT2D eigenvalue weighted by molar-refractivity contribution is 0.0377. The second-order valence-electron chi connectivity index (χ2n) is 6.79. The largest absolute Gasteiger partial charge is 0.375 e. The third-order valence-corrected chi connectivity index (χ3v) is 4.95. The molecule has 3 heterocycles. The minimum Gasteiger partial charge on any atom is -0.375 e. The molecule has 0 radical (unpaired) electrons. The average Bonchev–Trinajstić information content (AvgIpc) is 3.06. The first-order valence-electron chi connectivity index (χ1n) is 9.06. The zero-order chi connectivity index (χ0) is 17.8. The summed E-state index contributed by atoms with van der Waals surface area (Å²) in [6.07, 6.45) is 6.55. The number of ether oxygens (including phenoxy) is 1. The summed E-state index contributed by atoms with van der Waals surface area (Å²) in [5.74, 6) is 0. The quantitative estimate of drug-likeness (QED) is 0.686. The maximum atomic E-state index is 6.09. The maximum absolute atomic E-state index is 6.09. The SMILES string of the molecule is Cn1cnc2c1[C@H](COCc1cccnc1)N(Cc1ccccc1)CC2. The summed E-state index contributed by atoms with van der Waals surface area (Å²) in [4.78, 5) is 11.2. The van der Waals surface area contributed by atoms with Gasteiger partial charge in [-0.05, 0) is 17.2 Å². The Labute approximate surface area is 154 Å². The van der Waals surface area contributed by atoms with Crippen molar-refractivity contribution in [1.82, 2.24) is 19.4 Å². The summed E-state index contributed by atoms with van der Waals surface area (Å²) < 4.78 is 8.23. The first-order valence-corrected chi connectivity index (χ1v) is 9.06. The van der Waals surface area contributed by atoms with E-state index in [1.54, 1.807) is 6.20 Å². The van der Waals surface area contributed by atoms with Gasteiger partial charge in [-0.15, -0.1) is 0 Å². The van der Waals surface area contributed by atoms with Crippen LogP contribution >= 0.6 is 0 Å². The van der Waals surface area contributed by atoms with Crippen molar-refractivity contribution in [2.45, 2.75) is 25.6 Å². The van der Waals surface area contributed by atoms with E-state index in [2.05, 4.69) is 56.8 Å². The Morgan fingerprint density at radius 3 is 2.77 bits per heavy atom. The van der Waals surface area contributed by atoms with Crippen molar-refractivity contribution in [1.29, 1.82) is 0 Å². The standard InChI is InChI=1S/C21H24N4O/c1-24-16-23-19-9-11-25(13-17-6-3-2-4-7-17)20(21(19)24)15-26-14-18-8-5-10-22-12-18/h2-8,10,12,16,20H,9,11,13-15H2,1H3/t20-/m0/s1. The normalized spacial score (nSPS) is 17.2. The minimum atomic E-state index is 0.211. The first kappa shape index (κ1) is 16.9. The summed E-state index contributed by atoms with van der Waals surface area (Å²) >= 11 is 0. The van der Waals surface area contributed by atoms with Crippen LogP contribution in [0.1, 0.15) is 28.6 Å². The van der Waals surface area contributed by atoms with Gasteiger partial charge in [0.1, 0.15) is 0 Å². The number of hydrogen-bond donors (Lipinski definition) is 0. The number of fused-ring (bicyclic) bond motifs is 1. The van der Waals surface area contributed by atoms with Gasteiger partial charge < -0.3 is 9.30 Å². The van der Waals surface area contributed by atoms with Crippen molar-refractivity contribution in [2.24, 2.45) is 7.05 Å². The molecule has 5 heteroatoms. The molecule has 26 heavy (non-hydrogen) atoms. The molecule has 2 aromatic heterocycles. The summed E-state index contributed by atoms with van der Waals surface area (Å²) in [5.41, 5.74) is 4.91. The van der Waals surface area contributed by atoms with Gasteiger partial charge in [0.2, 0.25) is 0 Å². The highest BCUT2D eigenvalue weighted by Gasteiger charge is 2.30. The fourth-order valence-corrected chi connectivity index (χ4v) is 3.65. The number of benzene rings is 1. The Hall–Kier alpha value is -2.50. The van der Waals surface area contributed by atoms with E-state index < -0.39 is 0 Å². The number of imidazole rings is 1. The smallest absolute Gasteiger partial charge is 0.0949 e. The van der Waals surface area contributed by atoms with E-state index >= 15 is 0 Å². The van der Waals surface area contributed by atoms with Crippen LogP contribution < -0.4 is 0 Å². The highest BCUT2D eigenvalue weighted by atomic mass is 16.5. The van der Waals surface area contributed by atoms with E-state index in [-0.39, 0.29) is 6.04 Å². The number of hydrogen-bond acceptors (Lipinski definition) is 4. The van der Waals surface area contributed by atoms with Crippen molar-refractivity contribution in [2.75, 3.05) is 13.2 Å². The fourth-order valence-electron chi connectivity index (χ4n) is 3.65. The van der Waals surface area contributed by atoms with Gasteiger partial charge >= 0.3 is 0 Å². The molecule has 0 aliphatic carbocycles. The lowest BCUT2D eigenvalue weighted by atomic mass is 10.0. The fraction of sp³-hybridized carbons (Fsp3) is 0.333. The van der Waals surface area contributed by atoms with Gasteiger partial charge in [-0.2, -0.15) is 0 Å². The molecule has 0 N–H and O–H groups in total. The number of pyridine rings is 1. The number of aromatic nitrogens is 3. The molecule has 4 rings (SSSR count). The number of rotatable bonds is 6. The Kier molecular flexibility index (Phi) is 5.09. The molecular formula is C21H24N4O. The third-order valence-electron chi connectivity index (χ3n) is 4.95. The summed E-state index contributed by atoms with van der Waals surface area (Å²) in [6.45, 7) is 3.15. The predicted octanol–water partition coefficient (Wildman–Crippen LogP) is 3.13. The highest BCUT2D eigenvalue weighted by Crippen LogP contribution is 2.30. The molecule has 0 unspecified atom stereocenters. The molecule has 0 fully saturated rings. The van der Waals surface area contributed by atoms with E-state index in [0.29, 0.717) is 13.2 Å². The average molecular weight is 348 g/mol. The minimum absolute atomic E-state index is 0.211. The van der Waals surface area contributed by atoms with Crippen LogP contribution in [-0.2, 0) is 31.4 Å². The zero-order valence-corrected chi connectivity index (χ0v) is 15.1. The van der Waals surface area contributed by atoms with Crippen molar-refractivity contribution in [3.63, 3.8) is 0 Å². The van der Waals surface area contributed by atoms with E-state index in [4.69, 9.17) is 4.74 Å². The van der Waals surface area contributed by atoms with E-state index in [9.17, 15) is 0 Å². The van der Waals surface area contributed by atoms with Crippen LogP contribution in [0.25, 0.3) is 0 Å². The highest BCUT2D eigenvalue weighted by molar-refractivity contribution is 5.23. The molecule has 1 atom stereocenters. The van der Waals surface area contributed by atoms with Crippen LogP contribution in [0.15, 0.2) is 61.2 Å². The molecule has 134 valence electrons. The Morgan fingerprint density at radius 1 is 1.12 bits per heavy atom. The Bertz CT molecular complexity index is 832. The van der Waals surface area contributed by atoms with Crippen molar-refractivity contribution < 1.29 is 4.74 Å². The van der Waals surface area contributed by atoms with Gasteiger partial charge in [0.15, 0.2) is 0 Å². The molecular weight excluding hydrogens is 324 g/mol. The van der Waals surface area contributed by atoms with Crippen LogP contribution in [0.3, 0.4) is 0 Å². The van der Waals surface area contributed by atoms with E-state index in [1.807, 2.05) is 24.7 Å². The van der Waals surface area contributed by atoms with Crippen molar-refractivity contribution in [3.8, 4) is 0 Å². The maximum Gasteiger partial charge on any atom is 0.0949 e. The van der Waals surface area contributed by atoms with E-state index in [0.717, 1.165) is 25.1 Å². The Balaban J connectivity index is 1.50. The van der Waals surface area contributed by atoms with Gasteiger partial charge in [0, 0.05) is 39.0 Å². The molecule has 0 amide bonds. The number of nitrogens with zero attached hydrogens (tertiary/aromatic N) is 4. The van der Waals surface area contributed by atoms with Gasteiger partial charge in [-0.1, -0.05) is 36.4 Å².